The summed E-state index contributed by atoms with van der Waals surface area (Å²) >= 11 is 0. The van der Waals surface area contributed by atoms with Gasteiger partial charge in [0.1, 0.15) is 11.6 Å². The zero-order valence-electron chi connectivity index (χ0n) is 17.1. The predicted molar refractivity (Wildman–Crippen MR) is 117 cm³/mol. The topological polar surface area (TPSA) is 79.3 Å². The van der Waals surface area contributed by atoms with Gasteiger partial charge in [0, 0.05) is 23.7 Å². The molecule has 29 heavy (non-hydrogen) atoms. The Labute approximate surface area is 172 Å². The molecule has 0 aliphatic carbocycles. The Hall–Kier alpha value is -3.12. The molecule has 3 rings (SSSR count). The van der Waals surface area contributed by atoms with Gasteiger partial charge < -0.3 is 20.5 Å². The fourth-order valence-electron chi connectivity index (χ4n) is 2.98. The Morgan fingerprint density at radius 1 is 1.00 bits per heavy atom. The molecule has 0 saturated carbocycles. The minimum Gasteiger partial charge on any atom is -0.496 e. The number of anilines is 2. The number of nitrogens with one attached hydrogen (secondary N) is 2. The number of para-hydroxylation sites is 1. The molecule has 0 aliphatic rings. The van der Waals surface area contributed by atoms with Crippen molar-refractivity contribution >= 4 is 11.8 Å². The summed E-state index contributed by atoms with van der Waals surface area (Å²) in [5.41, 5.74) is 2.86. The van der Waals surface area contributed by atoms with Gasteiger partial charge in [-0.1, -0.05) is 62.4 Å². The molecule has 6 nitrogen and oxygen atoms in total. The molecular weight excluding hydrogens is 364 g/mol. The Kier molecular flexibility index (Phi) is 7.03. The minimum absolute atomic E-state index is 0.0145. The molecule has 1 aromatic heterocycles. The van der Waals surface area contributed by atoms with E-state index in [2.05, 4.69) is 34.4 Å². The SMILES string of the molecule is COc1ccccc1CNc1cc(-c2ccccc2)nc(N[C@H](CO)C(C)C)n1. The van der Waals surface area contributed by atoms with E-state index in [0.29, 0.717) is 18.3 Å². The van der Waals surface area contributed by atoms with Gasteiger partial charge in [0.15, 0.2) is 0 Å². The van der Waals surface area contributed by atoms with Gasteiger partial charge in [-0.05, 0) is 12.0 Å². The number of hydrogen-bond donors (Lipinski definition) is 3. The zero-order valence-corrected chi connectivity index (χ0v) is 17.1. The van der Waals surface area contributed by atoms with Crippen molar-refractivity contribution in [1.82, 2.24) is 9.97 Å². The van der Waals surface area contributed by atoms with E-state index in [1.54, 1.807) is 7.11 Å². The molecule has 6 heteroatoms. The highest BCUT2D eigenvalue weighted by Crippen LogP contribution is 2.24. The maximum absolute atomic E-state index is 9.68. The lowest BCUT2D eigenvalue weighted by Gasteiger charge is -2.21. The molecule has 2 aromatic carbocycles. The van der Waals surface area contributed by atoms with Gasteiger partial charge in [-0.2, -0.15) is 4.98 Å². The van der Waals surface area contributed by atoms with Crippen molar-refractivity contribution in [2.75, 3.05) is 24.4 Å². The van der Waals surface area contributed by atoms with Crippen LogP contribution < -0.4 is 15.4 Å². The summed E-state index contributed by atoms with van der Waals surface area (Å²) < 4.78 is 5.43. The van der Waals surface area contributed by atoms with Gasteiger partial charge in [-0.3, -0.25) is 0 Å². The quantitative estimate of drug-likeness (QED) is 0.507. The monoisotopic (exact) mass is 392 g/mol. The van der Waals surface area contributed by atoms with Gasteiger partial charge in [0.05, 0.1) is 25.5 Å². The number of hydrogen-bond acceptors (Lipinski definition) is 6. The van der Waals surface area contributed by atoms with Crippen molar-refractivity contribution in [3.8, 4) is 17.0 Å². The second kappa shape index (κ2) is 9.89. The van der Waals surface area contributed by atoms with Crippen LogP contribution in [0.1, 0.15) is 19.4 Å². The summed E-state index contributed by atoms with van der Waals surface area (Å²) in [6.07, 6.45) is 0. The number of benzene rings is 2. The summed E-state index contributed by atoms with van der Waals surface area (Å²) in [7, 11) is 1.67. The third kappa shape index (κ3) is 5.45. The van der Waals surface area contributed by atoms with E-state index < -0.39 is 0 Å². The molecule has 0 saturated heterocycles. The smallest absolute Gasteiger partial charge is 0.225 e. The summed E-state index contributed by atoms with van der Waals surface area (Å²) in [6, 6.07) is 19.7. The lowest BCUT2D eigenvalue weighted by Crippen LogP contribution is -2.30. The molecule has 1 heterocycles. The van der Waals surface area contributed by atoms with E-state index in [1.165, 1.54) is 0 Å². The summed E-state index contributed by atoms with van der Waals surface area (Å²) in [5, 5.41) is 16.3. The van der Waals surface area contributed by atoms with Crippen molar-refractivity contribution in [3.63, 3.8) is 0 Å². The Morgan fingerprint density at radius 2 is 1.72 bits per heavy atom. The van der Waals surface area contributed by atoms with Crippen LogP contribution in [0, 0.1) is 5.92 Å². The fraction of sp³-hybridized carbons (Fsp3) is 0.304. The van der Waals surface area contributed by atoms with Crippen LogP contribution >= 0.6 is 0 Å². The molecule has 3 aromatic rings. The van der Waals surface area contributed by atoms with Gasteiger partial charge in [0.2, 0.25) is 5.95 Å². The van der Waals surface area contributed by atoms with Crippen LogP contribution in [-0.4, -0.2) is 34.8 Å². The first kappa shape index (κ1) is 20.6. The normalized spacial score (nSPS) is 11.9. The molecule has 0 fully saturated rings. The van der Waals surface area contributed by atoms with Crippen LogP contribution in [0.15, 0.2) is 60.7 Å². The first-order valence-corrected chi connectivity index (χ1v) is 9.78. The van der Waals surface area contributed by atoms with Gasteiger partial charge >= 0.3 is 0 Å². The van der Waals surface area contributed by atoms with E-state index >= 15 is 0 Å². The molecule has 0 aliphatic heterocycles. The van der Waals surface area contributed by atoms with Gasteiger partial charge in [-0.15, -0.1) is 0 Å². The average molecular weight is 393 g/mol. The summed E-state index contributed by atoms with van der Waals surface area (Å²) in [6.45, 7) is 4.69. The predicted octanol–water partition coefficient (Wildman–Crippen LogP) is 4.19. The molecule has 1 atom stereocenters. The lowest BCUT2D eigenvalue weighted by atomic mass is 10.1. The Bertz CT molecular complexity index is 916. The van der Waals surface area contributed by atoms with E-state index in [9.17, 15) is 5.11 Å². The van der Waals surface area contributed by atoms with Crippen molar-refractivity contribution in [1.29, 1.82) is 0 Å². The third-order valence-electron chi connectivity index (χ3n) is 4.76. The van der Waals surface area contributed by atoms with Crippen LogP contribution in [0.25, 0.3) is 11.3 Å². The Balaban J connectivity index is 1.89. The van der Waals surface area contributed by atoms with Crippen molar-refractivity contribution in [3.05, 3.63) is 66.2 Å². The van der Waals surface area contributed by atoms with Crippen LogP contribution in [-0.2, 0) is 6.54 Å². The van der Waals surface area contributed by atoms with Crippen LogP contribution in [0.4, 0.5) is 11.8 Å². The van der Waals surface area contributed by atoms with Gasteiger partial charge in [-0.25, -0.2) is 4.98 Å². The van der Waals surface area contributed by atoms with Crippen LogP contribution in [0.3, 0.4) is 0 Å². The first-order chi connectivity index (χ1) is 14.1. The van der Waals surface area contributed by atoms with E-state index in [-0.39, 0.29) is 18.6 Å². The number of aliphatic hydroxyl groups excluding tert-OH is 1. The Morgan fingerprint density at radius 3 is 2.41 bits per heavy atom. The molecule has 0 spiro atoms. The first-order valence-electron chi connectivity index (χ1n) is 9.78. The average Bonchev–Trinajstić information content (AvgIpc) is 2.76. The molecule has 0 radical (unpaired) electrons. The molecule has 0 amide bonds. The highest BCUT2D eigenvalue weighted by Gasteiger charge is 2.15. The largest absolute Gasteiger partial charge is 0.496 e. The molecule has 0 bridgehead atoms. The number of methoxy groups -OCH3 is 1. The van der Waals surface area contributed by atoms with E-state index in [0.717, 1.165) is 22.6 Å². The highest BCUT2D eigenvalue weighted by atomic mass is 16.5. The molecular formula is C23H28N4O2. The number of aromatic nitrogens is 2. The summed E-state index contributed by atoms with van der Waals surface area (Å²) in [4.78, 5) is 9.28. The fourth-order valence-corrected chi connectivity index (χ4v) is 2.98. The van der Waals surface area contributed by atoms with Gasteiger partial charge in [0.25, 0.3) is 0 Å². The molecule has 0 unspecified atom stereocenters. The third-order valence-corrected chi connectivity index (χ3v) is 4.76. The lowest BCUT2D eigenvalue weighted by molar-refractivity contribution is 0.248. The number of nitrogens with zero attached hydrogens (tertiary/aromatic N) is 2. The number of aliphatic hydroxyl groups is 1. The van der Waals surface area contributed by atoms with E-state index in [4.69, 9.17) is 4.74 Å². The second-order valence-electron chi connectivity index (χ2n) is 7.17. The highest BCUT2D eigenvalue weighted by molar-refractivity contribution is 5.64. The zero-order chi connectivity index (χ0) is 20.6. The number of ether oxygens (including phenoxy) is 1. The molecule has 3 N–H and O–H groups in total. The van der Waals surface area contributed by atoms with Crippen molar-refractivity contribution in [2.45, 2.75) is 26.4 Å². The standard InChI is InChI=1S/C23H28N4O2/c1-16(2)20(15-28)26-23-25-19(17-9-5-4-6-10-17)13-22(27-23)24-14-18-11-7-8-12-21(18)29-3/h4-13,16,20,28H,14-15H2,1-3H3,(H2,24,25,26,27)/t20-/m1/s1. The maximum atomic E-state index is 9.68. The summed E-state index contributed by atoms with van der Waals surface area (Å²) in [5.74, 6) is 2.26. The maximum Gasteiger partial charge on any atom is 0.225 e. The van der Waals surface area contributed by atoms with Crippen molar-refractivity contribution in [2.24, 2.45) is 5.92 Å². The minimum atomic E-state index is -0.122. The number of rotatable bonds is 9. The van der Waals surface area contributed by atoms with Crippen LogP contribution in [0.5, 0.6) is 5.75 Å². The van der Waals surface area contributed by atoms with E-state index in [1.807, 2.05) is 60.7 Å². The van der Waals surface area contributed by atoms with Crippen molar-refractivity contribution < 1.29 is 9.84 Å². The van der Waals surface area contributed by atoms with Crippen LogP contribution in [0.2, 0.25) is 0 Å². The molecule has 152 valence electrons. The second-order valence-corrected chi connectivity index (χ2v) is 7.17.